The normalized spacial score (nSPS) is 27.0. The molecular formula is C17H34N2S. The molecule has 1 saturated carbocycles. The van der Waals surface area contributed by atoms with Gasteiger partial charge in [-0.2, -0.15) is 11.8 Å². The van der Waals surface area contributed by atoms with Gasteiger partial charge in [0.15, 0.2) is 0 Å². The van der Waals surface area contributed by atoms with E-state index in [1.807, 2.05) is 0 Å². The molecule has 0 aromatic rings. The maximum Gasteiger partial charge on any atom is 0.0334 e. The van der Waals surface area contributed by atoms with Crippen LogP contribution in [0.1, 0.15) is 65.2 Å². The molecule has 3 heteroatoms. The minimum Gasteiger partial charge on any atom is -0.311 e. The summed E-state index contributed by atoms with van der Waals surface area (Å²) in [5.74, 6) is 2.61. The van der Waals surface area contributed by atoms with E-state index < -0.39 is 0 Å². The fourth-order valence-electron chi connectivity index (χ4n) is 4.05. The molecule has 0 radical (unpaired) electrons. The Morgan fingerprint density at radius 1 is 1.20 bits per heavy atom. The lowest BCUT2D eigenvalue weighted by atomic mass is 9.78. The SMILES string of the molecule is CCCC1CN(CCCSCC)C2(CCCCC2)CN1. The highest BCUT2D eigenvalue weighted by atomic mass is 32.2. The first kappa shape index (κ1) is 16.6. The number of hydrogen-bond acceptors (Lipinski definition) is 3. The zero-order valence-corrected chi connectivity index (χ0v) is 14.4. The van der Waals surface area contributed by atoms with Crippen LogP contribution in [0.25, 0.3) is 0 Å². The summed E-state index contributed by atoms with van der Waals surface area (Å²) in [5, 5.41) is 3.87. The van der Waals surface area contributed by atoms with E-state index in [1.54, 1.807) is 0 Å². The van der Waals surface area contributed by atoms with Crippen molar-refractivity contribution >= 4 is 11.8 Å². The van der Waals surface area contributed by atoms with E-state index in [0.29, 0.717) is 5.54 Å². The zero-order valence-electron chi connectivity index (χ0n) is 13.6. The highest BCUT2D eigenvalue weighted by Gasteiger charge is 2.41. The molecule has 1 N–H and O–H groups in total. The van der Waals surface area contributed by atoms with Gasteiger partial charge in [-0.3, -0.25) is 4.90 Å². The van der Waals surface area contributed by atoms with Gasteiger partial charge >= 0.3 is 0 Å². The average molecular weight is 299 g/mol. The molecule has 0 aromatic heterocycles. The van der Waals surface area contributed by atoms with Gasteiger partial charge in [-0.25, -0.2) is 0 Å². The summed E-state index contributed by atoms with van der Waals surface area (Å²) in [6.07, 6.45) is 11.2. The first-order chi connectivity index (χ1) is 9.80. The van der Waals surface area contributed by atoms with Crippen LogP contribution in [0.2, 0.25) is 0 Å². The number of rotatable bonds is 7. The summed E-state index contributed by atoms with van der Waals surface area (Å²) in [5.41, 5.74) is 0.513. The van der Waals surface area contributed by atoms with Crippen LogP contribution in [0.5, 0.6) is 0 Å². The Morgan fingerprint density at radius 2 is 2.00 bits per heavy atom. The summed E-state index contributed by atoms with van der Waals surface area (Å²) in [4.78, 5) is 2.89. The molecule has 1 heterocycles. The molecule has 2 fully saturated rings. The van der Waals surface area contributed by atoms with Crippen LogP contribution < -0.4 is 5.32 Å². The molecule has 0 bridgehead atoms. The second kappa shape index (κ2) is 8.65. The van der Waals surface area contributed by atoms with Crippen LogP contribution in [0.3, 0.4) is 0 Å². The van der Waals surface area contributed by atoms with E-state index in [4.69, 9.17) is 0 Å². The molecule has 20 heavy (non-hydrogen) atoms. The third kappa shape index (κ3) is 4.38. The average Bonchev–Trinajstić information content (AvgIpc) is 2.48. The van der Waals surface area contributed by atoms with Crippen LogP contribution in [0.15, 0.2) is 0 Å². The second-order valence-corrected chi connectivity index (χ2v) is 8.04. The molecule has 1 aliphatic carbocycles. The molecular weight excluding hydrogens is 264 g/mol. The standard InChI is InChI=1S/C17H34N2S/c1-3-9-16-14-19(12-8-13-20-4-2)17(15-18-16)10-6-5-7-11-17/h16,18H,3-15H2,1-2H3. The molecule has 1 unspecified atom stereocenters. The van der Waals surface area contributed by atoms with Gasteiger partial charge in [-0.15, -0.1) is 0 Å². The van der Waals surface area contributed by atoms with Gasteiger partial charge in [0.25, 0.3) is 0 Å². The lowest BCUT2D eigenvalue weighted by Gasteiger charge is -2.52. The summed E-state index contributed by atoms with van der Waals surface area (Å²) in [6, 6.07) is 0.742. The molecule has 118 valence electrons. The number of hydrogen-bond donors (Lipinski definition) is 1. The van der Waals surface area contributed by atoms with Crippen molar-refractivity contribution in [3.05, 3.63) is 0 Å². The van der Waals surface area contributed by atoms with Gasteiger partial charge in [0.2, 0.25) is 0 Å². The highest BCUT2D eigenvalue weighted by molar-refractivity contribution is 7.99. The van der Waals surface area contributed by atoms with Gasteiger partial charge in [0, 0.05) is 24.7 Å². The van der Waals surface area contributed by atoms with Crippen molar-refractivity contribution in [2.24, 2.45) is 0 Å². The van der Waals surface area contributed by atoms with Crippen LogP contribution in [-0.4, -0.2) is 47.6 Å². The van der Waals surface area contributed by atoms with Gasteiger partial charge in [0.05, 0.1) is 0 Å². The summed E-state index contributed by atoms with van der Waals surface area (Å²) < 4.78 is 0. The Bertz CT molecular complexity index is 264. The monoisotopic (exact) mass is 298 g/mol. The van der Waals surface area contributed by atoms with Crippen LogP contribution in [0, 0.1) is 0 Å². The van der Waals surface area contributed by atoms with Gasteiger partial charge in [-0.05, 0) is 43.7 Å². The molecule has 1 aliphatic heterocycles. The fraction of sp³-hybridized carbons (Fsp3) is 1.00. The summed E-state index contributed by atoms with van der Waals surface area (Å²) in [7, 11) is 0. The molecule has 1 saturated heterocycles. The predicted octanol–water partition coefficient (Wildman–Crippen LogP) is 3.91. The third-order valence-corrected chi connectivity index (χ3v) is 6.16. The van der Waals surface area contributed by atoms with Crippen molar-refractivity contribution in [1.82, 2.24) is 10.2 Å². The van der Waals surface area contributed by atoms with E-state index in [0.717, 1.165) is 6.04 Å². The van der Waals surface area contributed by atoms with Crippen molar-refractivity contribution in [1.29, 1.82) is 0 Å². The van der Waals surface area contributed by atoms with Crippen molar-refractivity contribution in [2.45, 2.75) is 76.8 Å². The smallest absolute Gasteiger partial charge is 0.0334 e. The molecule has 1 spiro atoms. The van der Waals surface area contributed by atoms with Crippen LogP contribution in [0.4, 0.5) is 0 Å². The van der Waals surface area contributed by atoms with E-state index in [1.165, 1.54) is 82.5 Å². The first-order valence-electron chi connectivity index (χ1n) is 8.87. The first-order valence-corrected chi connectivity index (χ1v) is 10.0. The van der Waals surface area contributed by atoms with Crippen LogP contribution in [-0.2, 0) is 0 Å². The third-order valence-electron chi connectivity index (χ3n) is 5.17. The Morgan fingerprint density at radius 3 is 2.70 bits per heavy atom. The minimum absolute atomic E-state index is 0.513. The topological polar surface area (TPSA) is 15.3 Å². The Labute approximate surface area is 130 Å². The minimum atomic E-state index is 0.513. The van der Waals surface area contributed by atoms with Gasteiger partial charge in [-0.1, -0.05) is 39.5 Å². The molecule has 2 nitrogen and oxygen atoms in total. The van der Waals surface area contributed by atoms with Crippen molar-refractivity contribution < 1.29 is 0 Å². The number of thioether (sulfide) groups is 1. The molecule has 0 amide bonds. The zero-order chi connectivity index (χ0) is 14.3. The number of piperazine rings is 1. The molecule has 1 atom stereocenters. The molecule has 2 aliphatic rings. The largest absolute Gasteiger partial charge is 0.311 e. The van der Waals surface area contributed by atoms with E-state index in [2.05, 4.69) is 35.8 Å². The maximum atomic E-state index is 3.87. The van der Waals surface area contributed by atoms with Crippen molar-refractivity contribution in [3.63, 3.8) is 0 Å². The summed E-state index contributed by atoms with van der Waals surface area (Å²) in [6.45, 7) is 8.46. The maximum absolute atomic E-state index is 3.87. The summed E-state index contributed by atoms with van der Waals surface area (Å²) >= 11 is 2.10. The molecule has 2 rings (SSSR count). The Balaban J connectivity index is 1.90. The van der Waals surface area contributed by atoms with Crippen molar-refractivity contribution in [2.75, 3.05) is 31.1 Å². The predicted molar refractivity (Wildman–Crippen MR) is 91.7 cm³/mol. The quantitative estimate of drug-likeness (QED) is 0.718. The Kier molecular flexibility index (Phi) is 7.20. The van der Waals surface area contributed by atoms with E-state index in [-0.39, 0.29) is 0 Å². The van der Waals surface area contributed by atoms with Crippen molar-refractivity contribution in [3.8, 4) is 0 Å². The fourth-order valence-corrected chi connectivity index (χ4v) is 4.67. The second-order valence-electron chi connectivity index (χ2n) is 6.65. The lowest BCUT2D eigenvalue weighted by Crippen LogP contribution is -2.65. The Hall–Kier alpha value is 0.270. The number of nitrogens with zero attached hydrogens (tertiary/aromatic N) is 1. The number of nitrogens with one attached hydrogen (secondary N) is 1. The molecule has 0 aromatic carbocycles. The highest BCUT2D eigenvalue weighted by Crippen LogP contribution is 2.35. The van der Waals surface area contributed by atoms with Gasteiger partial charge in [0.1, 0.15) is 0 Å². The van der Waals surface area contributed by atoms with E-state index >= 15 is 0 Å². The van der Waals surface area contributed by atoms with E-state index in [9.17, 15) is 0 Å². The lowest BCUT2D eigenvalue weighted by molar-refractivity contribution is 0.00878. The van der Waals surface area contributed by atoms with Crippen LogP contribution >= 0.6 is 11.8 Å². The van der Waals surface area contributed by atoms with Gasteiger partial charge < -0.3 is 5.32 Å².